The normalized spacial score (nSPS) is 10.1. The van der Waals surface area contributed by atoms with E-state index in [0.29, 0.717) is 6.42 Å². The van der Waals surface area contributed by atoms with Crippen LogP contribution < -0.4 is 5.32 Å². The lowest BCUT2D eigenvalue weighted by molar-refractivity contribution is -0.138. The van der Waals surface area contributed by atoms with Gasteiger partial charge in [-0.25, -0.2) is 4.98 Å². The highest BCUT2D eigenvalue weighted by Gasteiger charge is 2.10. The van der Waals surface area contributed by atoms with Crippen LogP contribution in [-0.4, -0.2) is 32.2 Å². The maximum atomic E-state index is 11.4. The average Bonchev–Trinajstić information content (AvgIpc) is 2.36. The Kier molecular flexibility index (Phi) is 5.16. The molecule has 7 nitrogen and oxygen atoms in total. The van der Waals surface area contributed by atoms with Crippen LogP contribution in [0.25, 0.3) is 0 Å². The van der Waals surface area contributed by atoms with Gasteiger partial charge in [0.1, 0.15) is 0 Å². The molecule has 2 N–H and O–H groups in total. The maximum Gasteiger partial charge on any atom is 0.303 e. The number of carbonyl (C=O) groups is 2. The Bertz CT molecular complexity index is 448. The summed E-state index contributed by atoms with van der Waals surface area (Å²) in [6.07, 6.45) is 1.12. The molecular formula is C11H16N4O3. The third-order valence-electron chi connectivity index (χ3n) is 2.33. The number of nitrogens with zero attached hydrogens (tertiary/aromatic N) is 3. The first-order valence-electron chi connectivity index (χ1n) is 5.80. The summed E-state index contributed by atoms with van der Waals surface area (Å²) < 4.78 is 0. The Labute approximate surface area is 105 Å². The molecule has 0 radical (unpaired) electrons. The molecule has 18 heavy (non-hydrogen) atoms. The number of nitrogens with one attached hydrogen (secondary N) is 1. The summed E-state index contributed by atoms with van der Waals surface area (Å²) in [5.41, 5.74) is 1.60. The van der Waals surface area contributed by atoms with Crippen molar-refractivity contribution in [2.45, 2.75) is 39.5 Å². The fourth-order valence-corrected chi connectivity index (χ4v) is 1.40. The SMILES string of the molecule is CCc1nnc(NC(=O)CCC(=O)O)nc1CC. The number of aliphatic carboxylic acids is 1. The van der Waals surface area contributed by atoms with E-state index >= 15 is 0 Å². The number of carboxylic acids is 1. The first kappa shape index (κ1) is 14.0. The van der Waals surface area contributed by atoms with Crippen molar-refractivity contribution < 1.29 is 14.7 Å². The molecule has 7 heteroatoms. The molecule has 1 aromatic rings. The fraction of sp³-hybridized carbons (Fsp3) is 0.545. The number of hydrogen-bond donors (Lipinski definition) is 2. The van der Waals surface area contributed by atoms with E-state index in [4.69, 9.17) is 5.11 Å². The van der Waals surface area contributed by atoms with Crippen molar-refractivity contribution in [3.8, 4) is 0 Å². The largest absolute Gasteiger partial charge is 0.481 e. The van der Waals surface area contributed by atoms with Gasteiger partial charge in [0, 0.05) is 6.42 Å². The van der Waals surface area contributed by atoms with Crippen LogP contribution in [-0.2, 0) is 22.4 Å². The summed E-state index contributed by atoms with van der Waals surface area (Å²) in [5, 5.41) is 18.6. The van der Waals surface area contributed by atoms with Crippen molar-refractivity contribution in [1.29, 1.82) is 0 Å². The molecule has 1 aromatic heterocycles. The molecule has 0 fully saturated rings. The summed E-state index contributed by atoms with van der Waals surface area (Å²) in [6.45, 7) is 3.90. The summed E-state index contributed by atoms with van der Waals surface area (Å²) >= 11 is 0. The lowest BCUT2D eigenvalue weighted by Gasteiger charge is -2.06. The van der Waals surface area contributed by atoms with Gasteiger partial charge in [-0.3, -0.25) is 14.9 Å². The zero-order chi connectivity index (χ0) is 13.5. The highest BCUT2D eigenvalue weighted by atomic mass is 16.4. The van der Waals surface area contributed by atoms with Crippen molar-refractivity contribution in [2.75, 3.05) is 5.32 Å². The molecule has 0 bridgehead atoms. The molecule has 0 spiro atoms. The quantitative estimate of drug-likeness (QED) is 0.775. The zero-order valence-corrected chi connectivity index (χ0v) is 10.4. The van der Waals surface area contributed by atoms with Gasteiger partial charge < -0.3 is 5.11 Å². The topological polar surface area (TPSA) is 105 Å². The van der Waals surface area contributed by atoms with Gasteiger partial charge in [0.2, 0.25) is 11.9 Å². The molecule has 1 rings (SSSR count). The van der Waals surface area contributed by atoms with Gasteiger partial charge >= 0.3 is 5.97 Å². The van der Waals surface area contributed by atoms with Crippen LogP contribution in [0.5, 0.6) is 0 Å². The molecule has 0 aliphatic heterocycles. The van der Waals surface area contributed by atoms with Gasteiger partial charge in [-0.05, 0) is 12.8 Å². The second-order valence-electron chi connectivity index (χ2n) is 3.68. The lowest BCUT2D eigenvalue weighted by Crippen LogP contribution is -2.17. The Hall–Kier alpha value is -2.05. The highest BCUT2D eigenvalue weighted by molar-refractivity contribution is 5.90. The van der Waals surface area contributed by atoms with Gasteiger partial charge in [-0.1, -0.05) is 13.8 Å². The minimum Gasteiger partial charge on any atom is -0.481 e. The predicted octanol–water partition coefficient (Wildman–Crippen LogP) is 0.800. The maximum absolute atomic E-state index is 11.4. The minimum absolute atomic E-state index is 0.102. The average molecular weight is 252 g/mol. The van der Waals surface area contributed by atoms with Crippen molar-refractivity contribution in [3.05, 3.63) is 11.4 Å². The third-order valence-corrected chi connectivity index (χ3v) is 2.33. The van der Waals surface area contributed by atoms with Gasteiger partial charge in [-0.15, -0.1) is 10.2 Å². The molecule has 1 heterocycles. The number of amides is 1. The molecule has 0 atom stereocenters. The second-order valence-corrected chi connectivity index (χ2v) is 3.68. The molecule has 0 saturated carbocycles. The van der Waals surface area contributed by atoms with E-state index in [1.165, 1.54) is 0 Å². The molecule has 0 saturated heterocycles. The van der Waals surface area contributed by atoms with E-state index in [1.54, 1.807) is 0 Å². The molecule has 0 aliphatic rings. The van der Waals surface area contributed by atoms with Crippen LogP contribution in [0.4, 0.5) is 5.95 Å². The van der Waals surface area contributed by atoms with E-state index in [0.717, 1.165) is 17.8 Å². The molecular weight excluding hydrogens is 236 g/mol. The Balaban J connectivity index is 2.67. The van der Waals surface area contributed by atoms with Crippen LogP contribution in [0.3, 0.4) is 0 Å². The lowest BCUT2D eigenvalue weighted by atomic mass is 10.2. The van der Waals surface area contributed by atoms with Crippen LogP contribution in [0.15, 0.2) is 0 Å². The number of hydrogen-bond acceptors (Lipinski definition) is 5. The molecule has 0 aliphatic carbocycles. The van der Waals surface area contributed by atoms with E-state index in [2.05, 4.69) is 20.5 Å². The van der Waals surface area contributed by atoms with E-state index in [9.17, 15) is 9.59 Å². The van der Waals surface area contributed by atoms with E-state index in [-0.39, 0.29) is 18.8 Å². The van der Waals surface area contributed by atoms with Crippen molar-refractivity contribution in [3.63, 3.8) is 0 Å². The van der Waals surface area contributed by atoms with Crippen molar-refractivity contribution >= 4 is 17.8 Å². The smallest absolute Gasteiger partial charge is 0.303 e. The number of rotatable bonds is 6. The first-order chi connectivity index (χ1) is 8.56. The van der Waals surface area contributed by atoms with Gasteiger partial charge in [0.05, 0.1) is 17.8 Å². The summed E-state index contributed by atoms with van der Waals surface area (Å²) in [5.74, 6) is -1.32. The monoisotopic (exact) mass is 252 g/mol. The predicted molar refractivity (Wildman–Crippen MR) is 64.1 cm³/mol. The Morgan fingerprint density at radius 3 is 2.33 bits per heavy atom. The highest BCUT2D eigenvalue weighted by Crippen LogP contribution is 2.07. The van der Waals surface area contributed by atoms with Crippen molar-refractivity contribution in [2.24, 2.45) is 0 Å². The van der Waals surface area contributed by atoms with Gasteiger partial charge in [-0.2, -0.15) is 0 Å². The molecule has 0 aromatic carbocycles. The van der Waals surface area contributed by atoms with Gasteiger partial charge in [0.15, 0.2) is 0 Å². The standard InChI is InChI=1S/C11H16N4O3/c1-3-7-8(4-2)14-15-11(12-7)13-9(16)5-6-10(17)18/h3-6H2,1-2H3,(H,17,18)(H,12,13,15,16). The number of carbonyl (C=O) groups excluding carboxylic acids is 1. The number of anilines is 1. The van der Waals surface area contributed by atoms with E-state index < -0.39 is 11.9 Å². The summed E-state index contributed by atoms with van der Waals surface area (Å²) in [6, 6.07) is 0. The molecule has 1 amide bonds. The van der Waals surface area contributed by atoms with Crippen LogP contribution >= 0.6 is 0 Å². The Morgan fingerprint density at radius 2 is 1.78 bits per heavy atom. The second kappa shape index (κ2) is 6.63. The summed E-state index contributed by atoms with van der Waals surface area (Å²) in [7, 11) is 0. The van der Waals surface area contributed by atoms with Gasteiger partial charge in [0.25, 0.3) is 0 Å². The van der Waals surface area contributed by atoms with Crippen molar-refractivity contribution in [1.82, 2.24) is 15.2 Å². The number of carboxylic acid groups (broad SMARTS) is 1. The zero-order valence-electron chi connectivity index (χ0n) is 10.4. The Morgan fingerprint density at radius 1 is 1.11 bits per heavy atom. The third kappa shape index (κ3) is 4.08. The molecule has 98 valence electrons. The van der Waals surface area contributed by atoms with Crippen LogP contribution in [0.2, 0.25) is 0 Å². The first-order valence-corrected chi connectivity index (χ1v) is 5.80. The number of aryl methyl sites for hydroxylation is 2. The van der Waals surface area contributed by atoms with Crippen LogP contribution in [0, 0.1) is 0 Å². The summed E-state index contributed by atoms with van der Waals surface area (Å²) in [4.78, 5) is 25.9. The number of aromatic nitrogens is 3. The van der Waals surface area contributed by atoms with E-state index in [1.807, 2.05) is 13.8 Å². The van der Waals surface area contributed by atoms with Crippen LogP contribution in [0.1, 0.15) is 38.1 Å². The molecule has 0 unspecified atom stereocenters. The minimum atomic E-state index is -1.01. The fourth-order valence-electron chi connectivity index (χ4n) is 1.40.